The zero-order valence-electron chi connectivity index (χ0n) is 10.1. The molecule has 0 spiro atoms. The highest BCUT2D eigenvalue weighted by atomic mass is 35.5. The van der Waals surface area contributed by atoms with Gasteiger partial charge in [0.1, 0.15) is 5.82 Å². The predicted molar refractivity (Wildman–Crippen MR) is 75.3 cm³/mol. The maximum absolute atomic E-state index is 5.86. The summed E-state index contributed by atoms with van der Waals surface area (Å²) in [5, 5.41) is 4.26. The van der Waals surface area contributed by atoms with Gasteiger partial charge in [-0.3, -0.25) is 0 Å². The van der Waals surface area contributed by atoms with Crippen molar-refractivity contribution in [2.24, 2.45) is 0 Å². The molecule has 1 heterocycles. The van der Waals surface area contributed by atoms with E-state index < -0.39 is 0 Å². The monoisotopic (exact) mass is 281 g/mol. The molecule has 0 aliphatic carbocycles. The summed E-state index contributed by atoms with van der Waals surface area (Å²) in [4.78, 5) is 8.16. The van der Waals surface area contributed by atoms with Crippen LogP contribution >= 0.6 is 23.2 Å². The molecule has 1 N–H and O–H groups in total. The fourth-order valence-corrected chi connectivity index (χ4v) is 2.01. The van der Waals surface area contributed by atoms with Crippen LogP contribution in [0.3, 0.4) is 0 Å². The minimum atomic E-state index is 0.118. The number of anilines is 1. The SMILES string of the molecule is Cc1cc(NC(C)c2ccc(Cl)cc2)nc(Cl)n1. The molecule has 0 bridgehead atoms. The Balaban J connectivity index is 2.15. The van der Waals surface area contributed by atoms with Crippen LogP contribution in [0.2, 0.25) is 10.3 Å². The molecular weight excluding hydrogens is 269 g/mol. The molecule has 2 rings (SSSR count). The fourth-order valence-electron chi connectivity index (χ4n) is 1.66. The van der Waals surface area contributed by atoms with E-state index in [1.807, 2.05) is 37.3 Å². The van der Waals surface area contributed by atoms with Gasteiger partial charge in [0.2, 0.25) is 5.28 Å². The van der Waals surface area contributed by atoms with Crippen molar-refractivity contribution in [3.05, 3.63) is 51.9 Å². The second-order valence-corrected chi connectivity index (χ2v) is 4.86. The third kappa shape index (κ3) is 3.34. The molecule has 0 fully saturated rings. The molecule has 1 aromatic heterocycles. The number of hydrogen-bond acceptors (Lipinski definition) is 3. The first-order valence-corrected chi connectivity index (χ1v) is 6.33. The Morgan fingerprint density at radius 2 is 1.78 bits per heavy atom. The Morgan fingerprint density at radius 3 is 2.39 bits per heavy atom. The van der Waals surface area contributed by atoms with Crippen molar-refractivity contribution in [3.8, 4) is 0 Å². The predicted octanol–water partition coefficient (Wildman–Crippen LogP) is 4.26. The smallest absolute Gasteiger partial charge is 0.224 e. The summed E-state index contributed by atoms with van der Waals surface area (Å²) in [5.74, 6) is 0.718. The minimum absolute atomic E-state index is 0.118. The third-order valence-corrected chi connectivity index (χ3v) is 2.98. The molecule has 2 aromatic rings. The molecule has 3 nitrogen and oxygen atoms in total. The summed E-state index contributed by atoms with van der Waals surface area (Å²) in [6.45, 7) is 3.93. The van der Waals surface area contributed by atoms with E-state index in [2.05, 4.69) is 22.2 Å². The van der Waals surface area contributed by atoms with Gasteiger partial charge in [0.25, 0.3) is 0 Å². The van der Waals surface area contributed by atoms with E-state index in [4.69, 9.17) is 23.2 Å². The van der Waals surface area contributed by atoms with Crippen molar-refractivity contribution in [1.29, 1.82) is 0 Å². The molecule has 1 atom stereocenters. The van der Waals surface area contributed by atoms with E-state index in [1.165, 1.54) is 0 Å². The summed E-state index contributed by atoms with van der Waals surface area (Å²) in [6, 6.07) is 9.68. The van der Waals surface area contributed by atoms with Gasteiger partial charge >= 0.3 is 0 Å². The molecule has 0 aliphatic rings. The number of aromatic nitrogens is 2. The summed E-state index contributed by atoms with van der Waals surface area (Å²) < 4.78 is 0. The Hall–Kier alpha value is -1.32. The average Bonchev–Trinajstić information content (AvgIpc) is 2.28. The largest absolute Gasteiger partial charge is 0.363 e. The quantitative estimate of drug-likeness (QED) is 0.854. The van der Waals surface area contributed by atoms with Crippen LogP contribution in [-0.2, 0) is 0 Å². The molecular formula is C13H13Cl2N3. The molecule has 18 heavy (non-hydrogen) atoms. The number of rotatable bonds is 3. The summed E-state index contributed by atoms with van der Waals surface area (Å²) >= 11 is 11.7. The molecule has 1 aromatic carbocycles. The maximum Gasteiger partial charge on any atom is 0.224 e. The van der Waals surface area contributed by atoms with Crippen LogP contribution in [-0.4, -0.2) is 9.97 Å². The van der Waals surface area contributed by atoms with E-state index in [9.17, 15) is 0 Å². The van der Waals surface area contributed by atoms with E-state index in [1.54, 1.807) is 0 Å². The highest BCUT2D eigenvalue weighted by molar-refractivity contribution is 6.30. The molecule has 0 radical (unpaired) electrons. The van der Waals surface area contributed by atoms with Crippen LogP contribution < -0.4 is 5.32 Å². The average molecular weight is 282 g/mol. The van der Waals surface area contributed by atoms with E-state index >= 15 is 0 Å². The van der Waals surface area contributed by atoms with Gasteiger partial charge in [0.15, 0.2) is 0 Å². The lowest BCUT2D eigenvalue weighted by Crippen LogP contribution is -2.08. The number of aryl methyl sites for hydroxylation is 1. The fraction of sp³-hybridized carbons (Fsp3) is 0.231. The standard InChI is InChI=1S/C13H13Cl2N3/c1-8-7-12(18-13(15)16-8)17-9(2)10-3-5-11(14)6-4-10/h3-7,9H,1-2H3,(H,16,17,18). The second-order valence-electron chi connectivity index (χ2n) is 4.08. The number of benzene rings is 1. The van der Waals surface area contributed by atoms with Crippen LogP contribution in [0.1, 0.15) is 24.2 Å². The molecule has 0 amide bonds. The highest BCUT2D eigenvalue weighted by Crippen LogP contribution is 2.20. The Morgan fingerprint density at radius 1 is 1.11 bits per heavy atom. The van der Waals surface area contributed by atoms with Gasteiger partial charge in [-0.25, -0.2) is 9.97 Å². The van der Waals surface area contributed by atoms with Crippen molar-refractivity contribution >= 4 is 29.0 Å². The first kappa shape index (κ1) is 13.1. The molecule has 94 valence electrons. The highest BCUT2D eigenvalue weighted by Gasteiger charge is 2.07. The van der Waals surface area contributed by atoms with Crippen LogP contribution in [0.25, 0.3) is 0 Å². The van der Waals surface area contributed by atoms with E-state index in [-0.39, 0.29) is 11.3 Å². The molecule has 5 heteroatoms. The van der Waals surface area contributed by atoms with Gasteiger partial charge in [-0.15, -0.1) is 0 Å². The van der Waals surface area contributed by atoms with Crippen molar-refractivity contribution < 1.29 is 0 Å². The summed E-state index contributed by atoms with van der Waals surface area (Å²) in [5.41, 5.74) is 1.97. The van der Waals surface area contributed by atoms with Crippen LogP contribution in [0.5, 0.6) is 0 Å². The van der Waals surface area contributed by atoms with Gasteiger partial charge in [-0.05, 0) is 43.1 Å². The minimum Gasteiger partial charge on any atom is -0.363 e. The number of nitrogens with one attached hydrogen (secondary N) is 1. The van der Waals surface area contributed by atoms with Gasteiger partial charge in [-0.2, -0.15) is 0 Å². The third-order valence-electron chi connectivity index (χ3n) is 2.56. The lowest BCUT2D eigenvalue weighted by atomic mass is 10.1. The van der Waals surface area contributed by atoms with Crippen molar-refractivity contribution in [2.45, 2.75) is 19.9 Å². The van der Waals surface area contributed by atoms with Crippen molar-refractivity contribution in [1.82, 2.24) is 9.97 Å². The molecule has 1 unspecified atom stereocenters. The summed E-state index contributed by atoms with van der Waals surface area (Å²) in [6.07, 6.45) is 0. The van der Waals surface area contributed by atoms with E-state index in [0.29, 0.717) is 0 Å². The first-order chi connectivity index (χ1) is 8.54. The number of halogens is 2. The number of hydrogen-bond donors (Lipinski definition) is 1. The zero-order valence-corrected chi connectivity index (χ0v) is 11.6. The summed E-state index contributed by atoms with van der Waals surface area (Å²) in [7, 11) is 0. The van der Waals surface area contributed by atoms with Crippen LogP contribution in [0.4, 0.5) is 5.82 Å². The maximum atomic E-state index is 5.86. The Bertz CT molecular complexity index is 520. The second kappa shape index (κ2) is 5.55. The topological polar surface area (TPSA) is 37.8 Å². The van der Waals surface area contributed by atoms with E-state index in [0.717, 1.165) is 22.1 Å². The zero-order chi connectivity index (χ0) is 13.1. The van der Waals surface area contributed by atoms with Gasteiger partial charge in [-0.1, -0.05) is 23.7 Å². The first-order valence-electron chi connectivity index (χ1n) is 5.58. The Kier molecular flexibility index (Phi) is 4.04. The number of nitrogens with zero attached hydrogens (tertiary/aromatic N) is 2. The Labute approximate surface area is 116 Å². The van der Waals surface area contributed by atoms with Crippen LogP contribution in [0.15, 0.2) is 30.3 Å². The van der Waals surface area contributed by atoms with Gasteiger partial charge in [0, 0.05) is 22.8 Å². The van der Waals surface area contributed by atoms with Crippen molar-refractivity contribution in [3.63, 3.8) is 0 Å². The molecule has 0 saturated heterocycles. The normalized spacial score (nSPS) is 12.2. The molecule has 0 saturated carbocycles. The molecule has 0 aliphatic heterocycles. The van der Waals surface area contributed by atoms with Crippen molar-refractivity contribution in [2.75, 3.05) is 5.32 Å². The lowest BCUT2D eigenvalue weighted by Gasteiger charge is -2.15. The van der Waals surface area contributed by atoms with Crippen LogP contribution in [0, 0.1) is 6.92 Å². The lowest BCUT2D eigenvalue weighted by molar-refractivity contribution is 0.870. The van der Waals surface area contributed by atoms with Gasteiger partial charge in [0.05, 0.1) is 0 Å². The van der Waals surface area contributed by atoms with Gasteiger partial charge < -0.3 is 5.32 Å².